The molecule has 1 atom stereocenters. The van der Waals surface area contributed by atoms with Crippen LogP contribution < -0.4 is 10.6 Å². The molecule has 2 aliphatic rings. The molecule has 11 heteroatoms. The molecule has 2 N–H and O–H groups in total. The number of aromatic nitrogens is 2. The number of imidazole rings is 1. The average Bonchev–Trinajstić information content (AvgIpc) is 3.25. The van der Waals surface area contributed by atoms with E-state index in [-0.39, 0.29) is 27.0 Å². The van der Waals surface area contributed by atoms with Gasteiger partial charge >= 0.3 is 6.18 Å². The van der Waals surface area contributed by atoms with Gasteiger partial charge in [0.25, 0.3) is 11.6 Å². The van der Waals surface area contributed by atoms with Crippen molar-refractivity contribution in [3.63, 3.8) is 0 Å². The lowest BCUT2D eigenvalue weighted by Gasteiger charge is -2.32. The quantitative estimate of drug-likeness (QED) is 0.775. The van der Waals surface area contributed by atoms with Crippen LogP contribution in [0.3, 0.4) is 0 Å². The number of carbonyl (C=O) groups excluding carboxylic acids is 2. The fraction of sp³-hybridized carbons (Fsp3) is 0.438. The molecule has 1 aliphatic carbocycles. The molecule has 144 valence electrons. The van der Waals surface area contributed by atoms with Crippen molar-refractivity contribution in [2.45, 2.75) is 37.5 Å². The lowest BCUT2D eigenvalue weighted by Crippen LogP contribution is -2.64. The molecular formula is C16H13Cl2F3N4O2. The van der Waals surface area contributed by atoms with Gasteiger partial charge in [0.15, 0.2) is 0 Å². The molecule has 0 saturated heterocycles. The topological polar surface area (TPSA) is 76.0 Å². The molecule has 0 radical (unpaired) electrons. The van der Waals surface area contributed by atoms with Crippen molar-refractivity contribution in [2.24, 2.45) is 5.92 Å². The van der Waals surface area contributed by atoms with E-state index in [4.69, 9.17) is 23.2 Å². The Balaban J connectivity index is 1.91. The van der Waals surface area contributed by atoms with Gasteiger partial charge < -0.3 is 5.32 Å². The van der Waals surface area contributed by atoms with E-state index in [1.54, 1.807) is 0 Å². The summed E-state index contributed by atoms with van der Waals surface area (Å²) in [6.07, 6.45) is -2.62. The van der Waals surface area contributed by atoms with Crippen LogP contribution in [0.5, 0.6) is 0 Å². The molecule has 2 heterocycles. The molecule has 6 nitrogen and oxygen atoms in total. The fourth-order valence-corrected chi connectivity index (χ4v) is 4.01. The highest BCUT2D eigenvalue weighted by Crippen LogP contribution is 2.45. The van der Waals surface area contributed by atoms with Crippen LogP contribution in [0.2, 0.25) is 10.0 Å². The van der Waals surface area contributed by atoms with Gasteiger partial charge in [0.1, 0.15) is 0 Å². The maximum Gasteiger partial charge on any atom is 0.440 e. The van der Waals surface area contributed by atoms with Gasteiger partial charge in [0, 0.05) is 5.92 Å². The second-order valence-electron chi connectivity index (χ2n) is 6.66. The summed E-state index contributed by atoms with van der Waals surface area (Å²) < 4.78 is 43.2. The zero-order valence-electron chi connectivity index (χ0n) is 13.7. The number of rotatable bonds is 2. The van der Waals surface area contributed by atoms with E-state index in [1.165, 1.54) is 12.1 Å². The largest absolute Gasteiger partial charge is 0.440 e. The van der Waals surface area contributed by atoms with Crippen molar-refractivity contribution in [1.29, 1.82) is 0 Å². The molecule has 0 spiro atoms. The normalized spacial score (nSPS) is 22.9. The number of fused-ring (bicyclic) bond motifs is 3. The van der Waals surface area contributed by atoms with Crippen LogP contribution in [0.25, 0.3) is 11.0 Å². The summed E-state index contributed by atoms with van der Waals surface area (Å²) >= 11 is 11.9. The van der Waals surface area contributed by atoms with Crippen LogP contribution in [0, 0.1) is 5.92 Å². The molecule has 27 heavy (non-hydrogen) atoms. The molecule has 2 aromatic rings. The zero-order chi connectivity index (χ0) is 19.6. The maximum absolute atomic E-state index is 14.2. The van der Waals surface area contributed by atoms with E-state index < -0.39 is 29.6 Å². The van der Waals surface area contributed by atoms with Gasteiger partial charge in [-0.25, -0.2) is 4.98 Å². The van der Waals surface area contributed by atoms with Crippen LogP contribution in [-0.2, 0) is 15.3 Å². The Hall–Kier alpha value is -2.00. The molecular weight excluding hydrogens is 408 g/mol. The first kappa shape index (κ1) is 18.4. The average molecular weight is 421 g/mol. The lowest BCUT2D eigenvalue weighted by molar-refractivity contribution is -0.218. The van der Waals surface area contributed by atoms with Crippen molar-refractivity contribution in [1.82, 2.24) is 14.9 Å². The maximum atomic E-state index is 14.2. The van der Waals surface area contributed by atoms with Crippen LogP contribution in [-0.4, -0.2) is 27.5 Å². The van der Waals surface area contributed by atoms with E-state index in [0.29, 0.717) is 17.4 Å². The summed E-state index contributed by atoms with van der Waals surface area (Å²) in [5.41, 5.74) is -3.25. The second kappa shape index (κ2) is 6.00. The highest BCUT2D eigenvalue weighted by molar-refractivity contribution is 6.42. The van der Waals surface area contributed by atoms with Crippen molar-refractivity contribution < 1.29 is 22.8 Å². The molecule has 1 aromatic carbocycles. The van der Waals surface area contributed by atoms with E-state index >= 15 is 0 Å². The highest BCUT2D eigenvalue weighted by Gasteiger charge is 2.68. The number of hydrogen-bond acceptors (Lipinski definition) is 3. The molecule has 2 amide bonds. The number of halogens is 5. The van der Waals surface area contributed by atoms with Crippen LogP contribution in [0.4, 0.5) is 19.1 Å². The number of hydrogen-bond donors (Lipinski definition) is 2. The second-order valence-corrected chi connectivity index (χ2v) is 7.47. The van der Waals surface area contributed by atoms with E-state index in [2.05, 4.69) is 10.3 Å². The minimum absolute atomic E-state index is 0.00408. The first-order chi connectivity index (χ1) is 12.6. The fourth-order valence-electron chi connectivity index (χ4n) is 3.70. The first-order valence-corrected chi connectivity index (χ1v) is 8.99. The minimum atomic E-state index is -5.11. The van der Waals surface area contributed by atoms with Crippen LogP contribution in [0.15, 0.2) is 12.1 Å². The minimum Gasteiger partial charge on any atom is -0.317 e. The summed E-state index contributed by atoms with van der Waals surface area (Å²) in [4.78, 5) is 29.0. The number of amides is 2. The first-order valence-electron chi connectivity index (χ1n) is 8.23. The number of carbonyl (C=O) groups is 2. The molecule has 1 aliphatic heterocycles. The molecule has 1 fully saturated rings. The van der Waals surface area contributed by atoms with E-state index in [1.807, 2.05) is 5.32 Å². The molecule has 1 saturated carbocycles. The highest BCUT2D eigenvalue weighted by atomic mass is 35.5. The SMILES string of the molecule is O=C(NC1(C(F)(F)F)C(=O)Nc2nc3cc(Cl)c(Cl)cc3n21)C1CCCC1. The molecule has 1 aromatic heterocycles. The van der Waals surface area contributed by atoms with E-state index in [0.717, 1.165) is 12.8 Å². The van der Waals surface area contributed by atoms with Gasteiger partial charge in [-0.3, -0.25) is 19.5 Å². The van der Waals surface area contributed by atoms with Crippen molar-refractivity contribution in [3.8, 4) is 0 Å². The van der Waals surface area contributed by atoms with Gasteiger partial charge in [-0.1, -0.05) is 36.0 Å². The summed E-state index contributed by atoms with van der Waals surface area (Å²) in [6.45, 7) is 0. The lowest BCUT2D eigenvalue weighted by atomic mass is 10.0. The Morgan fingerprint density at radius 1 is 1.26 bits per heavy atom. The molecule has 4 rings (SSSR count). The predicted molar refractivity (Wildman–Crippen MR) is 92.5 cm³/mol. The number of nitrogens with one attached hydrogen (secondary N) is 2. The van der Waals surface area contributed by atoms with Gasteiger partial charge in [-0.05, 0) is 25.0 Å². The Morgan fingerprint density at radius 2 is 1.89 bits per heavy atom. The van der Waals surface area contributed by atoms with Gasteiger partial charge in [-0.2, -0.15) is 13.2 Å². The Morgan fingerprint density at radius 3 is 2.52 bits per heavy atom. The standard InChI is InChI=1S/C16H13Cl2F3N4O2/c17-8-5-10-11(6-9(8)18)25-14(22-10)23-13(27)15(25,16(19,20)21)24-12(26)7-3-1-2-4-7/h5-7H,1-4H2,(H,24,26)(H,22,23,27). The van der Waals surface area contributed by atoms with Crippen LogP contribution in [0.1, 0.15) is 25.7 Å². The number of anilines is 1. The number of nitrogens with zero attached hydrogens (tertiary/aromatic N) is 2. The van der Waals surface area contributed by atoms with Gasteiger partial charge in [-0.15, -0.1) is 0 Å². The summed E-state index contributed by atoms with van der Waals surface area (Å²) in [5, 5.41) is 4.19. The molecule has 0 bridgehead atoms. The Kier molecular flexibility index (Phi) is 4.08. The smallest absolute Gasteiger partial charge is 0.317 e. The summed E-state index contributed by atoms with van der Waals surface area (Å²) in [7, 11) is 0. The number of benzene rings is 1. The van der Waals surface area contributed by atoms with Crippen molar-refractivity contribution in [2.75, 3.05) is 5.32 Å². The summed E-state index contributed by atoms with van der Waals surface area (Å²) in [5.74, 6) is -3.13. The third kappa shape index (κ3) is 2.59. The zero-order valence-corrected chi connectivity index (χ0v) is 15.2. The monoisotopic (exact) mass is 420 g/mol. The van der Waals surface area contributed by atoms with Crippen molar-refractivity contribution in [3.05, 3.63) is 22.2 Å². The van der Waals surface area contributed by atoms with Crippen LogP contribution >= 0.6 is 23.2 Å². The summed E-state index contributed by atoms with van der Waals surface area (Å²) in [6, 6.07) is 2.49. The number of alkyl halides is 3. The molecule has 1 unspecified atom stereocenters. The third-order valence-electron chi connectivity index (χ3n) is 5.03. The van der Waals surface area contributed by atoms with Crippen molar-refractivity contribution >= 4 is 52.0 Å². The third-order valence-corrected chi connectivity index (χ3v) is 5.75. The Bertz CT molecular complexity index is 969. The predicted octanol–water partition coefficient (Wildman–Crippen LogP) is 3.82. The van der Waals surface area contributed by atoms with Gasteiger partial charge in [0.2, 0.25) is 11.9 Å². The Labute approximate surface area is 161 Å². The van der Waals surface area contributed by atoms with E-state index in [9.17, 15) is 22.8 Å². The van der Waals surface area contributed by atoms with Gasteiger partial charge in [0.05, 0.1) is 21.1 Å².